The maximum atomic E-state index is 13.8. The van der Waals surface area contributed by atoms with Crippen LogP contribution < -0.4 is 10.3 Å². The second kappa shape index (κ2) is 17.2. The molecule has 46 heavy (non-hydrogen) atoms. The molecule has 0 unspecified atom stereocenters. The van der Waals surface area contributed by atoms with Gasteiger partial charge in [-0.05, 0) is 69.3 Å². The smallest absolute Gasteiger partial charge is 0.305 e. The Hall–Kier alpha value is -3.00. The summed E-state index contributed by atoms with van der Waals surface area (Å²) in [6, 6.07) is 4.73. The molecule has 12 nitrogen and oxygen atoms in total. The van der Waals surface area contributed by atoms with Gasteiger partial charge in [0.15, 0.2) is 5.52 Å². The normalized spacial score (nSPS) is 14.5. The number of nitrogens with one attached hydrogen (secondary N) is 1. The standard InChI is InChI=1S/C32H48N6O6S.ClH/c1-6-10-26-29-30(36(5)35-26)32(40)34-31(33-29)25-22-24(12-13-27(25)43-20-7-2)45(41,42)38-17-15-23(16-18-38)11-14-28(39)44-21-19-37(8-3)9-4;/h12-13,22-23H,6-11,14-21H2,1-5H3,(H,33,34,40);1H. The van der Waals surface area contributed by atoms with E-state index >= 15 is 0 Å². The van der Waals surface area contributed by atoms with Crippen LogP contribution in [0.3, 0.4) is 0 Å². The highest BCUT2D eigenvalue weighted by atomic mass is 35.5. The van der Waals surface area contributed by atoms with Gasteiger partial charge in [0.2, 0.25) is 10.0 Å². The number of piperidine rings is 1. The zero-order valence-corrected chi connectivity index (χ0v) is 29.3. The molecule has 4 rings (SSSR count). The van der Waals surface area contributed by atoms with Gasteiger partial charge < -0.3 is 19.4 Å². The van der Waals surface area contributed by atoms with Crippen molar-refractivity contribution >= 4 is 39.4 Å². The topological polar surface area (TPSA) is 140 Å². The summed E-state index contributed by atoms with van der Waals surface area (Å²) in [5.74, 6) is 0.739. The number of aryl methyl sites for hydroxylation is 2. The molecule has 0 amide bonds. The fourth-order valence-corrected chi connectivity index (χ4v) is 7.28. The van der Waals surface area contributed by atoms with Gasteiger partial charge >= 0.3 is 5.97 Å². The minimum atomic E-state index is -3.83. The zero-order valence-electron chi connectivity index (χ0n) is 27.7. The number of H-pyrrole nitrogens is 1. The van der Waals surface area contributed by atoms with Crippen LogP contribution in [-0.4, -0.2) is 89.3 Å². The van der Waals surface area contributed by atoms with E-state index in [9.17, 15) is 18.0 Å². The lowest BCUT2D eigenvalue weighted by Crippen LogP contribution is -2.38. The first-order chi connectivity index (χ1) is 21.6. The number of carbonyl (C=O) groups is 1. The van der Waals surface area contributed by atoms with Crippen LogP contribution in [0.4, 0.5) is 0 Å². The number of benzene rings is 1. The van der Waals surface area contributed by atoms with E-state index in [2.05, 4.69) is 28.8 Å². The third-order valence-corrected chi connectivity index (χ3v) is 10.3. The van der Waals surface area contributed by atoms with Crippen LogP contribution in [0.5, 0.6) is 5.75 Å². The maximum Gasteiger partial charge on any atom is 0.305 e. The maximum absolute atomic E-state index is 13.8. The Morgan fingerprint density at radius 1 is 1.09 bits per heavy atom. The van der Waals surface area contributed by atoms with Crippen LogP contribution in [0, 0.1) is 5.92 Å². The number of halogens is 1. The molecule has 0 radical (unpaired) electrons. The quantitative estimate of drug-likeness (QED) is 0.216. The van der Waals surface area contributed by atoms with Gasteiger partial charge in [-0.2, -0.15) is 9.40 Å². The lowest BCUT2D eigenvalue weighted by Gasteiger charge is -2.31. The molecule has 0 atom stereocenters. The van der Waals surface area contributed by atoms with E-state index in [0.717, 1.165) is 38.2 Å². The summed E-state index contributed by atoms with van der Waals surface area (Å²) in [5.41, 5.74) is 1.65. The Morgan fingerprint density at radius 2 is 1.80 bits per heavy atom. The number of sulfonamides is 1. The number of rotatable bonds is 16. The monoisotopic (exact) mass is 680 g/mol. The van der Waals surface area contributed by atoms with Crippen molar-refractivity contribution in [2.45, 2.75) is 77.5 Å². The Kier molecular flexibility index (Phi) is 14.0. The summed E-state index contributed by atoms with van der Waals surface area (Å²) >= 11 is 0. The van der Waals surface area contributed by atoms with Gasteiger partial charge in [-0.15, -0.1) is 12.4 Å². The van der Waals surface area contributed by atoms with E-state index in [1.54, 1.807) is 25.2 Å². The lowest BCUT2D eigenvalue weighted by atomic mass is 9.93. The predicted molar refractivity (Wildman–Crippen MR) is 181 cm³/mol. The molecule has 0 bridgehead atoms. The molecule has 0 spiro atoms. The van der Waals surface area contributed by atoms with Crippen LogP contribution in [0.1, 0.15) is 71.9 Å². The van der Waals surface area contributed by atoms with Gasteiger partial charge in [0, 0.05) is 33.1 Å². The minimum absolute atomic E-state index is 0. The number of likely N-dealkylation sites (N-methyl/N-ethyl adjacent to an activating group) is 1. The van der Waals surface area contributed by atoms with Crippen molar-refractivity contribution < 1.29 is 22.7 Å². The van der Waals surface area contributed by atoms with Crippen LogP contribution in [0.25, 0.3) is 22.4 Å². The molecule has 256 valence electrons. The number of nitrogens with zero attached hydrogens (tertiary/aromatic N) is 5. The van der Waals surface area contributed by atoms with E-state index in [-0.39, 0.29) is 40.6 Å². The largest absolute Gasteiger partial charge is 0.493 e. The molecule has 0 aliphatic carbocycles. The average molecular weight is 681 g/mol. The van der Waals surface area contributed by atoms with E-state index in [1.807, 2.05) is 13.8 Å². The first kappa shape index (κ1) is 37.5. The summed E-state index contributed by atoms with van der Waals surface area (Å²) < 4.78 is 42.0. The Balaban J connectivity index is 0.00000576. The summed E-state index contributed by atoms with van der Waals surface area (Å²) in [7, 11) is -2.12. The Labute approximate surface area is 278 Å². The summed E-state index contributed by atoms with van der Waals surface area (Å²) in [6.07, 6.45) is 4.62. The molecule has 1 aliphatic rings. The number of aromatic nitrogens is 4. The highest BCUT2D eigenvalue weighted by molar-refractivity contribution is 7.89. The Morgan fingerprint density at radius 3 is 2.46 bits per heavy atom. The number of aromatic amines is 1. The molecular formula is C32H49ClN6O6S. The van der Waals surface area contributed by atoms with E-state index in [0.29, 0.717) is 80.8 Å². The van der Waals surface area contributed by atoms with Gasteiger partial charge in [0.05, 0.1) is 22.8 Å². The van der Waals surface area contributed by atoms with Crippen LogP contribution >= 0.6 is 12.4 Å². The highest BCUT2D eigenvalue weighted by Gasteiger charge is 2.31. The molecule has 1 aromatic carbocycles. The van der Waals surface area contributed by atoms with Crippen molar-refractivity contribution in [3.63, 3.8) is 0 Å². The van der Waals surface area contributed by atoms with Gasteiger partial charge in [-0.3, -0.25) is 14.3 Å². The fourth-order valence-electron chi connectivity index (χ4n) is 5.78. The molecule has 1 saturated heterocycles. The number of fused-ring (bicyclic) bond motifs is 1. The van der Waals surface area contributed by atoms with Gasteiger partial charge in [-0.1, -0.05) is 34.1 Å². The highest BCUT2D eigenvalue weighted by Crippen LogP contribution is 2.33. The van der Waals surface area contributed by atoms with Gasteiger partial charge in [0.1, 0.15) is 23.7 Å². The van der Waals surface area contributed by atoms with Gasteiger partial charge in [-0.25, -0.2) is 13.4 Å². The van der Waals surface area contributed by atoms with E-state index < -0.39 is 10.0 Å². The van der Waals surface area contributed by atoms with E-state index in [1.165, 1.54) is 8.99 Å². The molecule has 3 aromatic rings. The molecule has 2 aromatic heterocycles. The SMILES string of the molecule is CCCOc1ccc(S(=O)(=O)N2CCC(CCC(=O)OCCN(CC)CC)CC2)cc1-c1nc2c(CCC)nn(C)c2c(=O)[nH]1.Cl. The first-order valence-corrected chi connectivity index (χ1v) is 17.7. The van der Waals surface area contributed by atoms with Crippen molar-refractivity contribution in [1.29, 1.82) is 0 Å². The average Bonchev–Trinajstić information content (AvgIpc) is 3.36. The number of hydrogen-bond donors (Lipinski definition) is 1. The zero-order chi connectivity index (χ0) is 32.6. The second-order valence-corrected chi connectivity index (χ2v) is 13.5. The van der Waals surface area contributed by atoms with E-state index in [4.69, 9.17) is 14.5 Å². The van der Waals surface area contributed by atoms with Crippen molar-refractivity contribution in [2.24, 2.45) is 13.0 Å². The lowest BCUT2D eigenvalue weighted by molar-refractivity contribution is -0.144. The van der Waals surface area contributed by atoms with Crippen LogP contribution in [0.15, 0.2) is 27.9 Å². The predicted octanol–water partition coefficient (Wildman–Crippen LogP) is 4.55. The van der Waals surface area contributed by atoms with Gasteiger partial charge in [0.25, 0.3) is 5.56 Å². The third kappa shape index (κ3) is 8.87. The molecule has 3 heterocycles. The Bertz CT molecular complexity index is 1610. The second-order valence-electron chi connectivity index (χ2n) is 11.6. The fraction of sp³-hybridized carbons (Fsp3) is 0.625. The molecule has 1 N–H and O–H groups in total. The van der Waals surface area contributed by atoms with Crippen molar-refractivity contribution in [3.05, 3.63) is 34.2 Å². The molecule has 1 aliphatic heterocycles. The van der Waals surface area contributed by atoms with Crippen LogP contribution in [0.2, 0.25) is 0 Å². The summed E-state index contributed by atoms with van der Waals surface area (Å²) in [4.78, 5) is 35.3. The van der Waals surface area contributed by atoms with Crippen molar-refractivity contribution in [2.75, 3.05) is 45.9 Å². The number of ether oxygens (including phenoxy) is 2. The summed E-state index contributed by atoms with van der Waals surface area (Å²) in [5, 5.41) is 4.49. The molecule has 14 heteroatoms. The third-order valence-electron chi connectivity index (χ3n) is 8.45. The molecule has 1 fully saturated rings. The number of hydrogen-bond acceptors (Lipinski definition) is 9. The van der Waals surface area contributed by atoms with Crippen LogP contribution in [-0.2, 0) is 33.0 Å². The van der Waals surface area contributed by atoms with Crippen molar-refractivity contribution in [1.82, 2.24) is 29.0 Å². The molecule has 0 saturated carbocycles. The minimum Gasteiger partial charge on any atom is -0.493 e. The first-order valence-electron chi connectivity index (χ1n) is 16.2. The summed E-state index contributed by atoms with van der Waals surface area (Å²) in [6.45, 7) is 12.3. The number of carbonyl (C=O) groups excluding carboxylic acids is 1. The van der Waals surface area contributed by atoms with Crippen molar-refractivity contribution in [3.8, 4) is 17.1 Å². The molecular weight excluding hydrogens is 632 g/mol. The number of esters is 1.